The molecule has 2 unspecified atom stereocenters. The number of fused-ring (bicyclic) bond motifs is 5. The number of aromatic nitrogens is 2. The van der Waals surface area contributed by atoms with Crippen LogP contribution in [0.25, 0.3) is 22.3 Å². The third-order valence-electron chi connectivity index (χ3n) is 7.75. The van der Waals surface area contributed by atoms with Crippen molar-refractivity contribution in [1.82, 2.24) is 9.55 Å². The second kappa shape index (κ2) is 8.54. The Morgan fingerprint density at radius 1 is 1.25 bits per heavy atom. The first-order valence-electron chi connectivity index (χ1n) is 12.3. The highest BCUT2D eigenvalue weighted by Crippen LogP contribution is 2.40. The smallest absolute Gasteiger partial charge is 0.343 e. The van der Waals surface area contributed by atoms with Crippen LogP contribution in [0, 0.1) is 0 Å². The van der Waals surface area contributed by atoms with Crippen molar-refractivity contribution < 1.29 is 24.1 Å². The fourth-order valence-electron chi connectivity index (χ4n) is 4.96. The highest BCUT2D eigenvalue weighted by Gasteiger charge is 2.45. The van der Waals surface area contributed by atoms with Crippen LogP contribution < -0.4 is 10.3 Å². The molecule has 0 amide bonds. The Hall–Kier alpha value is -3.01. The van der Waals surface area contributed by atoms with Crippen LogP contribution >= 0.6 is 0 Å². The predicted molar refractivity (Wildman–Crippen MR) is 139 cm³/mol. The fraction of sp³-hybridized carbons (Fsp3) is 0.444. The summed E-state index contributed by atoms with van der Waals surface area (Å²) in [6.07, 6.45) is -0.310. The van der Waals surface area contributed by atoms with Gasteiger partial charge < -0.3 is 23.9 Å². The summed E-state index contributed by atoms with van der Waals surface area (Å²) in [5.74, 6) is -0.121. The number of aliphatic hydroxyl groups is 1. The molecule has 0 fully saturated rings. The van der Waals surface area contributed by atoms with Gasteiger partial charge in [0.25, 0.3) is 5.56 Å². The summed E-state index contributed by atoms with van der Waals surface area (Å²) in [7, 11) is 0.112. The van der Waals surface area contributed by atoms with Crippen LogP contribution in [0.1, 0.15) is 37.0 Å². The van der Waals surface area contributed by atoms with Crippen LogP contribution in [0.4, 0.5) is 0 Å². The number of ether oxygens (including phenoxy) is 3. The van der Waals surface area contributed by atoms with Gasteiger partial charge in [-0.05, 0) is 24.6 Å². The Morgan fingerprint density at radius 3 is 2.67 bits per heavy atom. The second-order valence-electron chi connectivity index (χ2n) is 10.8. The monoisotopic (exact) mass is 508 g/mol. The first-order valence-corrected chi connectivity index (χ1v) is 15.9. The summed E-state index contributed by atoms with van der Waals surface area (Å²) in [5.41, 5.74) is 1.51. The Labute approximate surface area is 210 Å². The maximum atomic E-state index is 13.4. The number of rotatable bonds is 6. The van der Waals surface area contributed by atoms with Crippen molar-refractivity contribution in [2.75, 3.05) is 7.11 Å². The van der Waals surface area contributed by atoms with Gasteiger partial charge in [0, 0.05) is 29.2 Å². The Bertz CT molecular complexity index is 1440. The van der Waals surface area contributed by atoms with Gasteiger partial charge in [-0.15, -0.1) is 0 Å². The number of methoxy groups -OCH3 is 1. The maximum absolute atomic E-state index is 13.4. The molecular formula is C27H32N2O6Si. The van der Waals surface area contributed by atoms with E-state index in [9.17, 15) is 14.7 Å². The van der Waals surface area contributed by atoms with Gasteiger partial charge in [-0.25, -0.2) is 9.78 Å². The highest BCUT2D eigenvalue weighted by atomic mass is 28.3. The molecule has 0 aliphatic carbocycles. The lowest BCUT2D eigenvalue weighted by atomic mass is 9.86. The topological polar surface area (TPSA) is 99.9 Å². The SMILES string of the molecule is CC[C@@]1(O)C(=O)OCc2c1cc1n(c2=O)Cc2cc3cccc(OC(OC)C(C)[Si](C)(C)C)c3nc2-1. The minimum atomic E-state index is -1.85. The van der Waals surface area contributed by atoms with Crippen molar-refractivity contribution in [3.8, 4) is 17.1 Å². The number of pyridine rings is 2. The average molecular weight is 509 g/mol. The number of hydrogen-bond acceptors (Lipinski definition) is 7. The van der Waals surface area contributed by atoms with E-state index in [2.05, 4.69) is 26.6 Å². The van der Waals surface area contributed by atoms with E-state index < -0.39 is 25.9 Å². The summed E-state index contributed by atoms with van der Waals surface area (Å²) in [4.78, 5) is 30.8. The van der Waals surface area contributed by atoms with Crippen molar-refractivity contribution in [1.29, 1.82) is 0 Å². The van der Waals surface area contributed by atoms with Gasteiger partial charge in [-0.3, -0.25) is 4.79 Å². The summed E-state index contributed by atoms with van der Waals surface area (Å²) in [5, 5.41) is 12.0. The van der Waals surface area contributed by atoms with E-state index >= 15 is 0 Å². The molecule has 2 aliphatic heterocycles. The number of cyclic esters (lactones) is 1. The highest BCUT2D eigenvalue weighted by molar-refractivity contribution is 6.77. The van der Waals surface area contributed by atoms with Gasteiger partial charge in [0.2, 0.25) is 0 Å². The number of benzene rings is 1. The Morgan fingerprint density at radius 2 is 2.00 bits per heavy atom. The molecule has 5 rings (SSSR count). The van der Waals surface area contributed by atoms with E-state index in [-0.39, 0.29) is 24.1 Å². The number of carbonyl (C=O) groups is 1. The standard InChI is InChI=1S/C27H32N2O6Si/c1-7-27(32)19-12-20-22-17(13-29(20)24(30)18(19)14-34-26(27)31)11-16-9-8-10-21(23(16)28-22)35-25(33-3)15(2)36(4,5)6/h8-12,15,25,32H,7,13-14H2,1-6H3/t15?,25?,27-/m0/s1. The zero-order chi connectivity index (χ0) is 26.0. The van der Waals surface area contributed by atoms with E-state index in [1.54, 1.807) is 24.7 Å². The number of carbonyl (C=O) groups excluding carboxylic acids is 1. The van der Waals surface area contributed by atoms with Crippen molar-refractivity contribution in [2.24, 2.45) is 0 Å². The van der Waals surface area contributed by atoms with E-state index in [0.717, 1.165) is 10.9 Å². The van der Waals surface area contributed by atoms with Gasteiger partial charge in [0.1, 0.15) is 17.9 Å². The molecule has 3 aromatic rings. The molecule has 0 radical (unpaired) electrons. The van der Waals surface area contributed by atoms with E-state index in [1.807, 2.05) is 24.3 Å². The van der Waals surface area contributed by atoms with E-state index in [4.69, 9.17) is 19.2 Å². The van der Waals surface area contributed by atoms with E-state index in [0.29, 0.717) is 40.3 Å². The lowest BCUT2D eigenvalue weighted by Gasteiger charge is -2.32. The zero-order valence-corrected chi connectivity index (χ0v) is 22.5. The molecule has 0 spiro atoms. The Balaban J connectivity index is 1.65. The quantitative estimate of drug-likeness (QED) is 0.237. The zero-order valence-electron chi connectivity index (χ0n) is 21.5. The van der Waals surface area contributed by atoms with Gasteiger partial charge in [0.05, 0.1) is 31.6 Å². The summed E-state index contributed by atoms with van der Waals surface area (Å²) in [6, 6.07) is 9.52. The van der Waals surface area contributed by atoms with Crippen LogP contribution in [0.15, 0.2) is 35.1 Å². The summed E-state index contributed by atoms with van der Waals surface area (Å²) >= 11 is 0. The number of para-hydroxylation sites is 1. The third-order valence-corrected chi connectivity index (χ3v) is 10.8. The molecule has 4 heterocycles. The number of nitrogens with zero attached hydrogens (tertiary/aromatic N) is 2. The van der Waals surface area contributed by atoms with Gasteiger partial charge in [-0.2, -0.15) is 0 Å². The van der Waals surface area contributed by atoms with Crippen LogP contribution in [-0.4, -0.2) is 42.1 Å². The molecule has 1 aromatic carbocycles. The molecule has 0 saturated carbocycles. The maximum Gasteiger partial charge on any atom is 0.343 e. The molecule has 3 atom stereocenters. The molecule has 1 N–H and O–H groups in total. The second-order valence-corrected chi connectivity index (χ2v) is 16.4. The van der Waals surface area contributed by atoms with Crippen LogP contribution in [0.2, 0.25) is 25.2 Å². The normalized spacial score (nSPS) is 20.4. The number of esters is 1. The molecule has 190 valence electrons. The van der Waals surface area contributed by atoms with Gasteiger partial charge in [0.15, 0.2) is 11.9 Å². The largest absolute Gasteiger partial charge is 0.463 e. The summed E-state index contributed by atoms with van der Waals surface area (Å²) < 4.78 is 18.9. The first kappa shape index (κ1) is 24.7. The van der Waals surface area contributed by atoms with Crippen molar-refractivity contribution in [3.63, 3.8) is 0 Å². The molecule has 8 nitrogen and oxygen atoms in total. The lowest BCUT2D eigenvalue weighted by molar-refractivity contribution is -0.172. The molecular weight excluding hydrogens is 476 g/mol. The minimum Gasteiger partial charge on any atom is -0.463 e. The average Bonchev–Trinajstić information content (AvgIpc) is 3.21. The van der Waals surface area contributed by atoms with Gasteiger partial charge >= 0.3 is 5.97 Å². The van der Waals surface area contributed by atoms with Crippen molar-refractivity contribution in [2.45, 2.75) is 70.5 Å². The third kappa shape index (κ3) is 3.68. The van der Waals surface area contributed by atoms with Gasteiger partial charge in [-0.1, -0.05) is 45.6 Å². The summed E-state index contributed by atoms with van der Waals surface area (Å²) in [6.45, 7) is 10.9. The van der Waals surface area contributed by atoms with Crippen molar-refractivity contribution >= 4 is 24.9 Å². The molecule has 0 bridgehead atoms. The Kier molecular flexibility index (Phi) is 5.85. The minimum absolute atomic E-state index is 0.103. The van der Waals surface area contributed by atoms with Crippen LogP contribution in [0.3, 0.4) is 0 Å². The van der Waals surface area contributed by atoms with Crippen LogP contribution in [0.5, 0.6) is 5.75 Å². The molecule has 9 heteroatoms. The predicted octanol–water partition coefficient (Wildman–Crippen LogP) is 4.16. The molecule has 2 aliphatic rings. The molecule has 36 heavy (non-hydrogen) atoms. The molecule has 0 saturated heterocycles. The number of hydrogen-bond donors (Lipinski definition) is 1. The van der Waals surface area contributed by atoms with Crippen molar-refractivity contribution in [3.05, 3.63) is 57.4 Å². The lowest BCUT2D eigenvalue weighted by Crippen LogP contribution is -2.44. The van der Waals surface area contributed by atoms with Crippen LogP contribution in [-0.2, 0) is 33.0 Å². The fourth-order valence-corrected chi connectivity index (χ4v) is 5.98. The first-order chi connectivity index (χ1) is 17.0. The molecule has 2 aromatic heterocycles. The van der Waals surface area contributed by atoms with E-state index in [1.165, 1.54) is 0 Å².